The predicted molar refractivity (Wildman–Crippen MR) is 74.7 cm³/mol. The topological polar surface area (TPSA) is 130 Å². The minimum atomic E-state index is -4.26. The van der Waals surface area contributed by atoms with Gasteiger partial charge in [0.2, 0.25) is 10.0 Å². The van der Waals surface area contributed by atoms with E-state index < -0.39 is 34.4 Å². The van der Waals surface area contributed by atoms with Crippen molar-refractivity contribution >= 4 is 37.9 Å². The summed E-state index contributed by atoms with van der Waals surface area (Å²) >= 11 is 3.10. The molecule has 0 aliphatic heterocycles. The van der Waals surface area contributed by atoms with Crippen LogP contribution in [-0.4, -0.2) is 43.7 Å². The number of carbonyl (C=O) groups is 2. The van der Waals surface area contributed by atoms with E-state index in [4.69, 9.17) is 14.9 Å². The Morgan fingerprint density at radius 2 is 2.00 bits per heavy atom. The molecule has 1 aromatic rings. The van der Waals surface area contributed by atoms with E-state index in [1.54, 1.807) is 6.07 Å². The molecule has 1 atom stereocenters. The Labute approximate surface area is 128 Å². The monoisotopic (exact) mass is 381 g/mol. The molecule has 0 saturated carbocycles. The number of benzene rings is 1. The second-order valence-electron chi connectivity index (χ2n) is 3.91. The molecule has 0 aliphatic carbocycles. The minimum absolute atomic E-state index is 0.00478. The number of ether oxygens (including phenoxy) is 1. The first-order chi connectivity index (χ1) is 9.67. The van der Waals surface area contributed by atoms with Crippen LogP contribution in [0.1, 0.15) is 6.42 Å². The second-order valence-corrected chi connectivity index (χ2v) is 6.50. The van der Waals surface area contributed by atoms with Crippen LogP contribution in [0.15, 0.2) is 27.6 Å². The van der Waals surface area contributed by atoms with Crippen molar-refractivity contribution in [1.82, 2.24) is 4.72 Å². The third-order valence-electron chi connectivity index (χ3n) is 2.39. The van der Waals surface area contributed by atoms with E-state index >= 15 is 0 Å². The smallest absolute Gasteiger partial charge is 0.322 e. The Balaban J connectivity index is 3.18. The first-order valence-corrected chi connectivity index (χ1v) is 7.75. The molecule has 0 unspecified atom stereocenters. The van der Waals surface area contributed by atoms with Crippen LogP contribution in [0.25, 0.3) is 0 Å². The van der Waals surface area contributed by atoms with Crippen molar-refractivity contribution in [3.63, 3.8) is 0 Å². The quantitative estimate of drug-likeness (QED) is 0.632. The molecule has 0 spiro atoms. The zero-order valence-corrected chi connectivity index (χ0v) is 13.1. The number of carboxylic acid groups (broad SMARTS) is 2. The van der Waals surface area contributed by atoms with Gasteiger partial charge in [0.15, 0.2) is 0 Å². The lowest BCUT2D eigenvalue weighted by Crippen LogP contribution is -2.42. The summed E-state index contributed by atoms with van der Waals surface area (Å²) in [7, 11) is -3.01. The van der Waals surface area contributed by atoms with Gasteiger partial charge in [-0.1, -0.05) is 15.9 Å². The zero-order chi connectivity index (χ0) is 16.2. The zero-order valence-electron chi connectivity index (χ0n) is 10.7. The largest absolute Gasteiger partial charge is 0.495 e. The summed E-state index contributed by atoms with van der Waals surface area (Å²) in [4.78, 5) is 21.2. The number of hydrogen-bond acceptors (Lipinski definition) is 5. The lowest BCUT2D eigenvalue weighted by Gasteiger charge is -2.15. The molecule has 0 radical (unpaired) electrons. The van der Waals surface area contributed by atoms with Gasteiger partial charge in [0.05, 0.1) is 13.5 Å². The maximum atomic E-state index is 12.2. The number of aliphatic carboxylic acids is 2. The number of methoxy groups -OCH3 is 1. The average Bonchev–Trinajstić information content (AvgIpc) is 2.37. The third-order valence-corrected chi connectivity index (χ3v) is 4.38. The van der Waals surface area contributed by atoms with Gasteiger partial charge in [-0.25, -0.2) is 8.42 Å². The number of carboxylic acids is 2. The van der Waals surface area contributed by atoms with Gasteiger partial charge < -0.3 is 14.9 Å². The molecule has 0 bridgehead atoms. The summed E-state index contributed by atoms with van der Waals surface area (Å²) in [6.45, 7) is 0. The highest BCUT2D eigenvalue weighted by Gasteiger charge is 2.29. The SMILES string of the molecule is COc1ccc(Br)cc1S(=O)(=O)N[C@@H](CC(=O)O)C(=O)O. The molecule has 116 valence electrons. The van der Waals surface area contributed by atoms with Gasteiger partial charge in [0.1, 0.15) is 16.7 Å². The van der Waals surface area contributed by atoms with Crippen LogP contribution in [0.5, 0.6) is 5.75 Å². The minimum Gasteiger partial charge on any atom is -0.495 e. The standard InChI is InChI=1S/C11H12BrNO7S/c1-20-8-3-2-6(12)4-9(8)21(18,19)13-7(11(16)17)5-10(14)15/h2-4,7,13H,5H2,1H3,(H,14,15)(H,16,17)/t7-/m0/s1. The molecule has 0 aliphatic rings. The molecule has 0 aromatic heterocycles. The Hall–Kier alpha value is -1.65. The number of nitrogens with one attached hydrogen (secondary N) is 1. The molecule has 1 rings (SSSR count). The Bertz CT molecular complexity index is 659. The Morgan fingerprint density at radius 1 is 1.38 bits per heavy atom. The second kappa shape index (κ2) is 6.87. The lowest BCUT2D eigenvalue weighted by atomic mass is 10.2. The number of hydrogen-bond donors (Lipinski definition) is 3. The first kappa shape index (κ1) is 17.4. The molecule has 1 aromatic carbocycles. The van der Waals surface area contributed by atoms with Gasteiger partial charge >= 0.3 is 11.9 Å². The summed E-state index contributed by atoms with van der Waals surface area (Å²) in [5.74, 6) is -3.02. The maximum absolute atomic E-state index is 12.2. The van der Waals surface area contributed by atoms with E-state index in [1.807, 2.05) is 4.72 Å². The van der Waals surface area contributed by atoms with Gasteiger partial charge in [0.25, 0.3) is 0 Å². The van der Waals surface area contributed by atoms with E-state index in [-0.39, 0.29) is 10.6 Å². The van der Waals surface area contributed by atoms with E-state index in [9.17, 15) is 18.0 Å². The van der Waals surface area contributed by atoms with E-state index in [0.29, 0.717) is 4.47 Å². The molecule has 10 heteroatoms. The molecule has 0 fully saturated rings. The van der Waals surface area contributed by atoms with Crippen LogP contribution in [0, 0.1) is 0 Å². The van der Waals surface area contributed by atoms with Crippen molar-refractivity contribution in [2.75, 3.05) is 7.11 Å². The Morgan fingerprint density at radius 3 is 2.48 bits per heavy atom. The molecule has 0 heterocycles. The fourth-order valence-corrected chi connectivity index (χ4v) is 3.36. The normalized spacial score (nSPS) is 12.7. The van der Waals surface area contributed by atoms with E-state index in [0.717, 1.165) is 0 Å². The van der Waals surface area contributed by atoms with Crippen LogP contribution in [0.4, 0.5) is 0 Å². The van der Waals surface area contributed by atoms with Gasteiger partial charge in [-0.3, -0.25) is 9.59 Å². The lowest BCUT2D eigenvalue weighted by molar-refractivity contribution is -0.145. The van der Waals surface area contributed by atoms with Crippen LogP contribution < -0.4 is 9.46 Å². The fraction of sp³-hybridized carbons (Fsp3) is 0.273. The number of rotatable bonds is 7. The maximum Gasteiger partial charge on any atom is 0.322 e. The van der Waals surface area contributed by atoms with Crippen molar-refractivity contribution in [3.05, 3.63) is 22.7 Å². The highest BCUT2D eigenvalue weighted by atomic mass is 79.9. The van der Waals surface area contributed by atoms with E-state index in [2.05, 4.69) is 15.9 Å². The van der Waals surface area contributed by atoms with Gasteiger partial charge in [-0.15, -0.1) is 0 Å². The summed E-state index contributed by atoms with van der Waals surface area (Å²) < 4.78 is 31.6. The van der Waals surface area contributed by atoms with Crippen LogP contribution in [0.2, 0.25) is 0 Å². The predicted octanol–water partition coefficient (Wildman–Crippen LogP) is 0.664. The summed E-state index contributed by atoms with van der Waals surface area (Å²) in [5.41, 5.74) is 0. The number of sulfonamides is 1. The molecular formula is C11H12BrNO7S. The van der Waals surface area contributed by atoms with Gasteiger partial charge in [-0.05, 0) is 18.2 Å². The highest BCUT2D eigenvalue weighted by Crippen LogP contribution is 2.27. The third kappa shape index (κ3) is 4.69. The van der Waals surface area contributed by atoms with Crippen molar-refractivity contribution in [2.45, 2.75) is 17.4 Å². The van der Waals surface area contributed by atoms with Crippen molar-refractivity contribution < 1.29 is 33.0 Å². The molecular weight excluding hydrogens is 370 g/mol. The van der Waals surface area contributed by atoms with Crippen LogP contribution >= 0.6 is 15.9 Å². The molecule has 21 heavy (non-hydrogen) atoms. The van der Waals surface area contributed by atoms with Crippen molar-refractivity contribution in [2.24, 2.45) is 0 Å². The summed E-state index contributed by atoms with van der Waals surface area (Å²) in [5, 5.41) is 17.5. The highest BCUT2D eigenvalue weighted by molar-refractivity contribution is 9.10. The first-order valence-electron chi connectivity index (χ1n) is 5.48. The van der Waals surface area contributed by atoms with E-state index in [1.165, 1.54) is 19.2 Å². The summed E-state index contributed by atoms with van der Waals surface area (Å²) in [6, 6.07) is 2.37. The molecule has 3 N–H and O–H groups in total. The number of halogens is 1. The van der Waals surface area contributed by atoms with Gasteiger partial charge in [-0.2, -0.15) is 4.72 Å². The van der Waals surface area contributed by atoms with Crippen molar-refractivity contribution in [1.29, 1.82) is 0 Å². The van der Waals surface area contributed by atoms with Crippen molar-refractivity contribution in [3.8, 4) is 5.75 Å². The summed E-state index contributed by atoms with van der Waals surface area (Å²) in [6.07, 6.45) is -0.884. The fourth-order valence-electron chi connectivity index (χ4n) is 1.47. The Kier molecular flexibility index (Phi) is 5.70. The molecule has 0 saturated heterocycles. The molecule has 8 nitrogen and oxygen atoms in total. The van der Waals surface area contributed by atoms with Gasteiger partial charge in [0, 0.05) is 4.47 Å². The average molecular weight is 382 g/mol. The molecule has 0 amide bonds. The van der Waals surface area contributed by atoms with Crippen LogP contribution in [-0.2, 0) is 19.6 Å². The van der Waals surface area contributed by atoms with Crippen LogP contribution in [0.3, 0.4) is 0 Å².